The second-order valence-electron chi connectivity index (χ2n) is 5.74. The standard InChI is InChI=1S/C16H22N4O/c1-19-15(5-8-21)9-16(18-19)14-4-7-20(12-14)11-13-3-2-6-17-10-13/h2-3,6,9-10,14,21H,4-5,7-8,11-12H2,1H3. The lowest BCUT2D eigenvalue weighted by Crippen LogP contribution is -2.19. The van der Waals surface area contributed by atoms with E-state index in [1.807, 2.05) is 30.2 Å². The lowest BCUT2D eigenvalue weighted by molar-refractivity contribution is 0.296. The summed E-state index contributed by atoms with van der Waals surface area (Å²) in [5.74, 6) is 0.500. The number of pyridine rings is 1. The SMILES string of the molecule is Cn1nc(C2CCN(Cc3cccnc3)C2)cc1CCO. The van der Waals surface area contributed by atoms with E-state index in [2.05, 4.69) is 27.1 Å². The molecule has 0 bridgehead atoms. The van der Waals surface area contributed by atoms with Crippen LogP contribution in [0.15, 0.2) is 30.6 Å². The molecule has 1 atom stereocenters. The molecule has 5 nitrogen and oxygen atoms in total. The summed E-state index contributed by atoms with van der Waals surface area (Å²) in [6.07, 6.45) is 5.58. The molecule has 112 valence electrons. The van der Waals surface area contributed by atoms with Crippen LogP contribution in [0.4, 0.5) is 0 Å². The van der Waals surface area contributed by atoms with Gasteiger partial charge in [-0.25, -0.2) is 0 Å². The van der Waals surface area contributed by atoms with Gasteiger partial charge in [0.1, 0.15) is 0 Å². The predicted molar refractivity (Wildman–Crippen MR) is 80.9 cm³/mol. The molecule has 0 radical (unpaired) electrons. The van der Waals surface area contributed by atoms with E-state index in [0.717, 1.165) is 37.4 Å². The van der Waals surface area contributed by atoms with Crippen molar-refractivity contribution >= 4 is 0 Å². The first-order valence-electron chi connectivity index (χ1n) is 7.51. The van der Waals surface area contributed by atoms with Gasteiger partial charge in [-0.2, -0.15) is 5.10 Å². The average molecular weight is 286 g/mol. The van der Waals surface area contributed by atoms with Crippen LogP contribution in [-0.4, -0.2) is 44.5 Å². The zero-order valence-corrected chi connectivity index (χ0v) is 12.4. The Morgan fingerprint density at radius 1 is 1.43 bits per heavy atom. The van der Waals surface area contributed by atoms with Gasteiger partial charge < -0.3 is 5.11 Å². The molecule has 1 aliphatic heterocycles. The van der Waals surface area contributed by atoms with Gasteiger partial charge in [-0.05, 0) is 30.7 Å². The lowest BCUT2D eigenvalue weighted by atomic mass is 10.0. The predicted octanol–water partition coefficient (Wildman–Crippen LogP) is 1.34. The highest BCUT2D eigenvalue weighted by Gasteiger charge is 2.26. The van der Waals surface area contributed by atoms with E-state index in [9.17, 15) is 0 Å². The maximum absolute atomic E-state index is 9.07. The fourth-order valence-electron chi connectivity index (χ4n) is 3.05. The topological polar surface area (TPSA) is 54.2 Å². The molecule has 0 aromatic carbocycles. The summed E-state index contributed by atoms with van der Waals surface area (Å²) in [4.78, 5) is 6.63. The Morgan fingerprint density at radius 3 is 3.10 bits per heavy atom. The van der Waals surface area contributed by atoms with E-state index >= 15 is 0 Å². The molecule has 1 saturated heterocycles. The molecule has 1 N–H and O–H groups in total. The van der Waals surface area contributed by atoms with Crippen LogP contribution in [-0.2, 0) is 20.0 Å². The van der Waals surface area contributed by atoms with Crippen molar-refractivity contribution in [2.24, 2.45) is 7.05 Å². The van der Waals surface area contributed by atoms with Gasteiger partial charge in [0.2, 0.25) is 0 Å². The summed E-state index contributed by atoms with van der Waals surface area (Å²) in [6, 6.07) is 6.26. The smallest absolute Gasteiger partial charge is 0.0671 e. The number of likely N-dealkylation sites (tertiary alicyclic amines) is 1. The summed E-state index contributed by atoms with van der Waals surface area (Å²) in [5.41, 5.74) is 3.54. The highest BCUT2D eigenvalue weighted by molar-refractivity contribution is 5.17. The van der Waals surface area contributed by atoms with Crippen LogP contribution in [0.25, 0.3) is 0 Å². The van der Waals surface area contributed by atoms with Crippen molar-refractivity contribution in [2.45, 2.75) is 25.3 Å². The molecule has 1 aliphatic rings. The van der Waals surface area contributed by atoms with Gasteiger partial charge in [-0.15, -0.1) is 0 Å². The molecule has 1 unspecified atom stereocenters. The van der Waals surface area contributed by atoms with Gasteiger partial charge in [0.15, 0.2) is 0 Å². The van der Waals surface area contributed by atoms with Crippen molar-refractivity contribution in [1.29, 1.82) is 0 Å². The Bertz CT molecular complexity index is 581. The Hall–Kier alpha value is -1.72. The molecular formula is C16H22N4O. The van der Waals surface area contributed by atoms with Gasteiger partial charge in [-0.3, -0.25) is 14.6 Å². The molecule has 0 spiro atoms. The zero-order valence-electron chi connectivity index (χ0n) is 12.4. The Balaban J connectivity index is 1.63. The molecule has 2 aromatic heterocycles. The summed E-state index contributed by atoms with van der Waals surface area (Å²) < 4.78 is 1.90. The second kappa shape index (κ2) is 6.37. The van der Waals surface area contributed by atoms with E-state index in [-0.39, 0.29) is 6.61 Å². The third kappa shape index (κ3) is 3.31. The highest BCUT2D eigenvalue weighted by Crippen LogP contribution is 2.27. The lowest BCUT2D eigenvalue weighted by Gasteiger charge is -2.15. The van der Waals surface area contributed by atoms with Crippen molar-refractivity contribution in [3.63, 3.8) is 0 Å². The van der Waals surface area contributed by atoms with Crippen LogP contribution in [0.3, 0.4) is 0 Å². The van der Waals surface area contributed by atoms with Crippen LogP contribution in [0.2, 0.25) is 0 Å². The normalized spacial score (nSPS) is 19.2. The van der Waals surface area contributed by atoms with Crippen molar-refractivity contribution in [3.05, 3.63) is 47.5 Å². The van der Waals surface area contributed by atoms with Gasteiger partial charge in [-0.1, -0.05) is 6.07 Å². The quantitative estimate of drug-likeness (QED) is 0.901. The van der Waals surface area contributed by atoms with Crippen LogP contribution in [0.5, 0.6) is 0 Å². The van der Waals surface area contributed by atoms with E-state index in [0.29, 0.717) is 12.3 Å². The van der Waals surface area contributed by atoms with Crippen LogP contribution >= 0.6 is 0 Å². The van der Waals surface area contributed by atoms with E-state index in [1.165, 1.54) is 5.56 Å². The third-order valence-electron chi connectivity index (χ3n) is 4.18. The minimum absolute atomic E-state index is 0.177. The fraction of sp³-hybridized carbons (Fsp3) is 0.500. The summed E-state index contributed by atoms with van der Waals surface area (Å²) in [6.45, 7) is 3.29. The van der Waals surface area contributed by atoms with E-state index in [4.69, 9.17) is 5.11 Å². The average Bonchev–Trinajstić information content (AvgIpc) is 3.08. The maximum atomic E-state index is 9.07. The first kappa shape index (κ1) is 14.2. The molecular weight excluding hydrogens is 264 g/mol. The molecule has 0 saturated carbocycles. The number of aryl methyl sites for hydroxylation is 1. The Kier molecular flexibility index (Phi) is 4.31. The van der Waals surface area contributed by atoms with Gasteiger partial charge in [0.05, 0.1) is 5.69 Å². The maximum Gasteiger partial charge on any atom is 0.0671 e. The number of hydrogen-bond acceptors (Lipinski definition) is 4. The van der Waals surface area contributed by atoms with Crippen molar-refractivity contribution in [3.8, 4) is 0 Å². The zero-order chi connectivity index (χ0) is 14.7. The molecule has 21 heavy (non-hydrogen) atoms. The number of nitrogens with zero attached hydrogens (tertiary/aromatic N) is 4. The monoisotopic (exact) mass is 286 g/mol. The molecule has 0 aliphatic carbocycles. The van der Waals surface area contributed by atoms with Crippen LogP contribution < -0.4 is 0 Å². The number of aliphatic hydroxyl groups excluding tert-OH is 1. The molecule has 0 amide bonds. The van der Waals surface area contributed by atoms with Gasteiger partial charge in [0.25, 0.3) is 0 Å². The van der Waals surface area contributed by atoms with Crippen LogP contribution in [0.1, 0.15) is 29.3 Å². The molecule has 1 fully saturated rings. The first-order chi connectivity index (χ1) is 10.3. The summed E-state index contributed by atoms with van der Waals surface area (Å²) >= 11 is 0. The van der Waals surface area contributed by atoms with Crippen molar-refractivity contribution < 1.29 is 5.11 Å². The molecule has 3 rings (SSSR count). The van der Waals surface area contributed by atoms with Gasteiger partial charge >= 0.3 is 0 Å². The van der Waals surface area contributed by atoms with Gasteiger partial charge in [0, 0.05) is 57.2 Å². The number of rotatable bonds is 5. The first-order valence-corrected chi connectivity index (χ1v) is 7.51. The highest BCUT2D eigenvalue weighted by atomic mass is 16.3. The minimum Gasteiger partial charge on any atom is -0.396 e. The Morgan fingerprint density at radius 2 is 2.33 bits per heavy atom. The number of hydrogen-bond donors (Lipinski definition) is 1. The van der Waals surface area contributed by atoms with Crippen molar-refractivity contribution in [1.82, 2.24) is 19.7 Å². The summed E-state index contributed by atoms with van der Waals surface area (Å²) in [7, 11) is 1.96. The minimum atomic E-state index is 0.177. The van der Waals surface area contributed by atoms with Crippen molar-refractivity contribution in [2.75, 3.05) is 19.7 Å². The molecule has 2 aromatic rings. The van der Waals surface area contributed by atoms with E-state index < -0.39 is 0 Å². The molecule has 5 heteroatoms. The van der Waals surface area contributed by atoms with E-state index in [1.54, 1.807) is 0 Å². The largest absolute Gasteiger partial charge is 0.396 e. The fourth-order valence-corrected chi connectivity index (χ4v) is 3.05. The van der Waals surface area contributed by atoms with Crippen LogP contribution in [0, 0.1) is 0 Å². The molecule has 3 heterocycles. The number of aliphatic hydroxyl groups is 1. The summed E-state index contributed by atoms with van der Waals surface area (Å²) in [5, 5.41) is 13.7. The number of aromatic nitrogens is 3. The second-order valence-corrected chi connectivity index (χ2v) is 5.74. The third-order valence-corrected chi connectivity index (χ3v) is 4.18. The Labute approximate surface area is 125 Å².